The van der Waals surface area contributed by atoms with Crippen molar-refractivity contribution in [2.24, 2.45) is 5.92 Å². The lowest BCUT2D eigenvalue weighted by Crippen LogP contribution is -2.44. The normalized spacial score (nSPS) is 22.3. The van der Waals surface area contributed by atoms with Gasteiger partial charge in [-0.3, -0.25) is 9.59 Å². The van der Waals surface area contributed by atoms with Crippen LogP contribution in [0.1, 0.15) is 6.42 Å². The number of hydrogen-bond donors (Lipinski definition) is 0. The molecular weight excluding hydrogens is 311 g/mol. The van der Waals surface area contributed by atoms with Crippen LogP contribution >= 0.6 is 11.6 Å². The summed E-state index contributed by atoms with van der Waals surface area (Å²) in [5.74, 6) is -1.06. The number of nitrogens with zero attached hydrogens (tertiary/aromatic N) is 2. The van der Waals surface area contributed by atoms with Crippen molar-refractivity contribution >= 4 is 29.1 Å². The molecular formula is C15H16ClFN2O3. The molecule has 22 heavy (non-hydrogen) atoms. The van der Waals surface area contributed by atoms with Crippen molar-refractivity contribution in [2.75, 3.05) is 37.7 Å². The maximum absolute atomic E-state index is 13.2. The molecule has 5 nitrogen and oxygen atoms in total. The Kier molecular flexibility index (Phi) is 4.31. The van der Waals surface area contributed by atoms with Gasteiger partial charge in [0.2, 0.25) is 11.8 Å². The molecule has 1 aromatic rings. The Morgan fingerprint density at radius 1 is 1.32 bits per heavy atom. The van der Waals surface area contributed by atoms with E-state index in [4.69, 9.17) is 16.3 Å². The summed E-state index contributed by atoms with van der Waals surface area (Å²) in [6.07, 6.45) is 0.172. The molecule has 0 radical (unpaired) electrons. The Morgan fingerprint density at radius 2 is 2.05 bits per heavy atom. The SMILES string of the molecule is O=C(C1CC(=O)N(c2ccc(F)c(Cl)c2)C1)N1CCOCC1. The van der Waals surface area contributed by atoms with Crippen LogP contribution in [0.15, 0.2) is 18.2 Å². The van der Waals surface area contributed by atoms with E-state index in [-0.39, 0.29) is 29.2 Å². The first-order valence-electron chi connectivity index (χ1n) is 7.18. The highest BCUT2D eigenvalue weighted by Gasteiger charge is 2.37. The van der Waals surface area contributed by atoms with Crippen LogP contribution in [0, 0.1) is 11.7 Å². The number of morpholine rings is 1. The fraction of sp³-hybridized carbons (Fsp3) is 0.467. The topological polar surface area (TPSA) is 49.9 Å². The van der Waals surface area contributed by atoms with E-state index in [1.54, 1.807) is 4.90 Å². The highest BCUT2D eigenvalue weighted by atomic mass is 35.5. The number of ether oxygens (including phenoxy) is 1. The Hall–Kier alpha value is -1.66. The summed E-state index contributed by atoms with van der Waals surface area (Å²) in [6, 6.07) is 4.14. The minimum atomic E-state index is -0.530. The molecule has 3 rings (SSSR count). The molecule has 2 heterocycles. The minimum absolute atomic E-state index is 0.0210. The van der Waals surface area contributed by atoms with E-state index in [0.717, 1.165) is 0 Å². The van der Waals surface area contributed by atoms with E-state index < -0.39 is 5.82 Å². The second-order valence-electron chi connectivity index (χ2n) is 5.44. The summed E-state index contributed by atoms with van der Waals surface area (Å²) >= 11 is 5.76. The molecule has 1 aromatic carbocycles. The molecule has 0 N–H and O–H groups in total. The van der Waals surface area contributed by atoms with Crippen LogP contribution in [0.2, 0.25) is 5.02 Å². The number of anilines is 1. The quantitative estimate of drug-likeness (QED) is 0.831. The van der Waals surface area contributed by atoms with Gasteiger partial charge < -0.3 is 14.5 Å². The van der Waals surface area contributed by atoms with Gasteiger partial charge in [0.1, 0.15) is 5.82 Å². The third-order valence-corrected chi connectivity index (χ3v) is 4.30. The van der Waals surface area contributed by atoms with Gasteiger partial charge in [-0.15, -0.1) is 0 Å². The largest absolute Gasteiger partial charge is 0.378 e. The first-order valence-corrected chi connectivity index (χ1v) is 7.56. The second kappa shape index (κ2) is 6.22. The number of carbonyl (C=O) groups excluding carboxylic acids is 2. The number of hydrogen-bond acceptors (Lipinski definition) is 3. The van der Waals surface area contributed by atoms with Crippen molar-refractivity contribution in [3.05, 3.63) is 29.0 Å². The minimum Gasteiger partial charge on any atom is -0.378 e. The average molecular weight is 327 g/mol. The van der Waals surface area contributed by atoms with Crippen LogP contribution in [-0.2, 0) is 14.3 Å². The second-order valence-corrected chi connectivity index (χ2v) is 5.85. The summed E-state index contributed by atoms with van der Waals surface area (Å²) < 4.78 is 18.4. The van der Waals surface area contributed by atoms with Crippen molar-refractivity contribution < 1.29 is 18.7 Å². The van der Waals surface area contributed by atoms with E-state index in [1.165, 1.54) is 23.1 Å². The molecule has 2 fully saturated rings. The van der Waals surface area contributed by atoms with Gasteiger partial charge >= 0.3 is 0 Å². The summed E-state index contributed by atoms with van der Waals surface area (Å²) in [5, 5.41) is -0.0340. The third-order valence-electron chi connectivity index (χ3n) is 4.01. The summed E-state index contributed by atoms with van der Waals surface area (Å²) in [7, 11) is 0. The average Bonchev–Trinajstić information content (AvgIpc) is 2.92. The number of benzene rings is 1. The van der Waals surface area contributed by atoms with Crippen molar-refractivity contribution in [1.82, 2.24) is 4.90 Å². The fourth-order valence-corrected chi connectivity index (χ4v) is 2.99. The van der Waals surface area contributed by atoms with Crippen LogP contribution in [0.3, 0.4) is 0 Å². The van der Waals surface area contributed by atoms with Gasteiger partial charge in [0.15, 0.2) is 0 Å². The number of halogens is 2. The Balaban J connectivity index is 1.72. The van der Waals surface area contributed by atoms with E-state index in [9.17, 15) is 14.0 Å². The van der Waals surface area contributed by atoms with Crippen LogP contribution in [0.25, 0.3) is 0 Å². The van der Waals surface area contributed by atoms with Crippen molar-refractivity contribution in [1.29, 1.82) is 0 Å². The zero-order chi connectivity index (χ0) is 15.7. The van der Waals surface area contributed by atoms with Gasteiger partial charge in [-0.1, -0.05) is 11.6 Å². The van der Waals surface area contributed by atoms with Gasteiger partial charge in [0, 0.05) is 31.7 Å². The lowest BCUT2D eigenvalue weighted by Gasteiger charge is -2.29. The van der Waals surface area contributed by atoms with E-state index in [1.807, 2.05) is 0 Å². The Bertz CT molecular complexity index is 604. The number of rotatable bonds is 2. The Labute approximate surface area is 132 Å². The molecule has 7 heteroatoms. The van der Waals surface area contributed by atoms with Gasteiger partial charge in [-0.05, 0) is 18.2 Å². The predicted molar refractivity (Wildman–Crippen MR) is 79.3 cm³/mol. The van der Waals surface area contributed by atoms with Gasteiger partial charge in [-0.2, -0.15) is 0 Å². The maximum Gasteiger partial charge on any atom is 0.228 e. The Morgan fingerprint density at radius 3 is 2.73 bits per heavy atom. The molecule has 1 atom stereocenters. The third kappa shape index (κ3) is 2.94. The smallest absolute Gasteiger partial charge is 0.228 e. The molecule has 2 amide bonds. The zero-order valence-electron chi connectivity index (χ0n) is 11.9. The van der Waals surface area contributed by atoms with Crippen molar-refractivity contribution in [3.8, 4) is 0 Å². The van der Waals surface area contributed by atoms with Gasteiger partial charge in [0.05, 0.1) is 24.2 Å². The molecule has 2 aliphatic rings. The number of amides is 2. The van der Waals surface area contributed by atoms with Crippen LogP contribution in [0.5, 0.6) is 0 Å². The monoisotopic (exact) mass is 326 g/mol. The first kappa shape index (κ1) is 15.2. The molecule has 0 bridgehead atoms. The summed E-state index contributed by atoms with van der Waals surface area (Å²) in [5.41, 5.74) is 0.522. The zero-order valence-corrected chi connectivity index (χ0v) is 12.7. The van der Waals surface area contributed by atoms with Gasteiger partial charge in [0.25, 0.3) is 0 Å². The molecule has 0 aliphatic carbocycles. The van der Waals surface area contributed by atoms with Crippen molar-refractivity contribution in [3.63, 3.8) is 0 Å². The molecule has 0 aromatic heterocycles. The first-order chi connectivity index (χ1) is 10.6. The van der Waals surface area contributed by atoms with Gasteiger partial charge in [-0.25, -0.2) is 4.39 Å². The predicted octanol–water partition coefficient (Wildman–Crippen LogP) is 1.69. The molecule has 118 valence electrons. The fourth-order valence-electron chi connectivity index (χ4n) is 2.82. The van der Waals surface area contributed by atoms with Crippen LogP contribution in [-0.4, -0.2) is 49.6 Å². The lowest BCUT2D eigenvalue weighted by molar-refractivity contribution is -0.139. The highest BCUT2D eigenvalue weighted by molar-refractivity contribution is 6.31. The van der Waals surface area contributed by atoms with E-state index in [2.05, 4.69) is 0 Å². The highest BCUT2D eigenvalue weighted by Crippen LogP contribution is 2.29. The van der Waals surface area contributed by atoms with E-state index >= 15 is 0 Å². The molecule has 2 saturated heterocycles. The molecule has 2 aliphatic heterocycles. The van der Waals surface area contributed by atoms with Crippen molar-refractivity contribution in [2.45, 2.75) is 6.42 Å². The van der Waals surface area contributed by atoms with Crippen LogP contribution in [0.4, 0.5) is 10.1 Å². The number of carbonyl (C=O) groups is 2. The van der Waals surface area contributed by atoms with Crippen LogP contribution < -0.4 is 4.90 Å². The molecule has 1 unspecified atom stereocenters. The standard InChI is InChI=1S/C15H16ClFN2O3/c16-12-8-11(1-2-13(12)17)19-9-10(7-14(19)20)15(21)18-3-5-22-6-4-18/h1-2,8,10H,3-7,9H2. The molecule has 0 saturated carbocycles. The molecule has 0 spiro atoms. The maximum atomic E-state index is 13.2. The lowest BCUT2D eigenvalue weighted by atomic mass is 10.1. The summed E-state index contributed by atoms with van der Waals surface area (Å²) in [4.78, 5) is 27.8. The van der Waals surface area contributed by atoms with E-state index in [0.29, 0.717) is 38.5 Å². The summed E-state index contributed by atoms with van der Waals surface area (Å²) in [6.45, 7) is 2.49.